The number of hydrogen-bond acceptors (Lipinski definition) is 6. The van der Waals surface area contributed by atoms with Gasteiger partial charge in [-0.3, -0.25) is 14.9 Å². The molecule has 0 aromatic heterocycles. The molecule has 0 saturated carbocycles. The zero-order chi connectivity index (χ0) is 18.6. The zero-order valence-corrected chi connectivity index (χ0v) is 14.9. The number of carbonyl (C=O) groups is 1. The first-order valence-corrected chi connectivity index (χ1v) is 7.78. The van der Waals surface area contributed by atoms with Gasteiger partial charge in [-0.05, 0) is 39.7 Å². The Bertz CT molecular complexity index is 845. The van der Waals surface area contributed by atoms with Crippen molar-refractivity contribution in [3.63, 3.8) is 0 Å². The number of ether oxygens (including phenoxy) is 2. The molecule has 0 atom stereocenters. The number of benzene rings is 2. The highest BCUT2D eigenvalue weighted by atomic mass is 79.9. The Hall–Kier alpha value is -2.87. The van der Waals surface area contributed by atoms with E-state index >= 15 is 0 Å². The molecule has 2 rings (SSSR count). The van der Waals surface area contributed by atoms with Gasteiger partial charge in [0.05, 0.1) is 19.1 Å². The van der Waals surface area contributed by atoms with E-state index in [0.717, 1.165) is 0 Å². The summed E-state index contributed by atoms with van der Waals surface area (Å²) in [6, 6.07) is 7.20. The molecule has 0 radical (unpaired) electrons. The minimum Gasteiger partial charge on any atom is -0.506 e. The van der Waals surface area contributed by atoms with Gasteiger partial charge in [0.1, 0.15) is 27.3 Å². The Kier molecular flexibility index (Phi) is 5.76. The van der Waals surface area contributed by atoms with Crippen LogP contribution in [0.5, 0.6) is 17.2 Å². The highest BCUT2D eigenvalue weighted by molar-refractivity contribution is 9.10. The number of aromatic hydroxyl groups is 1. The number of nitrogens with zero attached hydrogens (tertiary/aromatic N) is 1. The summed E-state index contributed by atoms with van der Waals surface area (Å²) in [5.41, 5.74) is 0.542. The van der Waals surface area contributed by atoms with Gasteiger partial charge in [-0.25, -0.2) is 0 Å². The van der Waals surface area contributed by atoms with Crippen LogP contribution in [0.25, 0.3) is 6.08 Å². The van der Waals surface area contributed by atoms with Crippen molar-refractivity contribution in [1.82, 2.24) is 0 Å². The number of ketones is 1. The standard InChI is InChI=1S/C17H14BrNO6/c1-24-13-9-14(25-2)16(18)17(21)15(13)12(20)8-5-10-3-6-11(7-4-10)19(22)23/h3-9,21H,1-2H3/b8-5+. The van der Waals surface area contributed by atoms with Crippen molar-refractivity contribution in [1.29, 1.82) is 0 Å². The number of nitro groups is 1. The molecule has 0 aliphatic carbocycles. The second kappa shape index (κ2) is 7.80. The molecule has 7 nitrogen and oxygen atoms in total. The van der Waals surface area contributed by atoms with Crippen LogP contribution in [0.1, 0.15) is 15.9 Å². The minimum atomic E-state index is -0.504. The molecule has 8 heteroatoms. The molecule has 0 aliphatic heterocycles. The van der Waals surface area contributed by atoms with Crippen molar-refractivity contribution in [2.45, 2.75) is 0 Å². The molecule has 2 aromatic rings. The third-order valence-corrected chi connectivity index (χ3v) is 4.15. The van der Waals surface area contributed by atoms with Gasteiger partial charge < -0.3 is 14.6 Å². The normalized spacial score (nSPS) is 10.7. The SMILES string of the molecule is COc1cc(OC)c(C(=O)/C=C/c2ccc([N+](=O)[O-])cc2)c(O)c1Br. The van der Waals surface area contributed by atoms with Crippen LogP contribution < -0.4 is 9.47 Å². The molecule has 0 saturated heterocycles. The smallest absolute Gasteiger partial charge is 0.269 e. The van der Waals surface area contributed by atoms with Crippen molar-refractivity contribution < 1.29 is 24.3 Å². The average molecular weight is 408 g/mol. The summed E-state index contributed by atoms with van der Waals surface area (Å²) in [4.78, 5) is 22.6. The second-order valence-electron chi connectivity index (χ2n) is 4.86. The Morgan fingerprint density at radius 3 is 2.32 bits per heavy atom. The lowest BCUT2D eigenvalue weighted by molar-refractivity contribution is -0.384. The van der Waals surface area contributed by atoms with Gasteiger partial charge in [0.2, 0.25) is 0 Å². The van der Waals surface area contributed by atoms with Gasteiger partial charge >= 0.3 is 0 Å². The summed E-state index contributed by atoms with van der Waals surface area (Å²) in [6.07, 6.45) is 2.74. The summed E-state index contributed by atoms with van der Waals surface area (Å²) in [5, 5.41) is 20.9. The number of rotatable bonds is 6. The van der Waals surface area contributed by atoms with Crippen molar-refractivity contribution in [3.8, 4) is 17.2 Å². The summed E-state index contributed by atoms with van der Waals surface area (Å²) in [6.45, 7) is 0. The molecular weight excluding hydrogens is 394 g/mol. The fraction of sp³-hybridized carbons (Fsp3) is 0.118. The lowest BCUT2D eigenvalue weighted by atomic mass is 10.1. The third kappa shape index (κ3) is 3.97. The maximum absolute atomic E-state index is 12.4. The molecular formula is C17H14BrNO6. The van der Waals surface area contributed by atoms with Gasteiger partial charge in [-0.1, -0.05) is 6.08 Å². The number of phenolic OH excluding ortho intramolecular Hbond substituents is 1. The van der Waals surface area contributed by atoms with Crippen LogP contribution in [-0.2, 0) is 0 Å². The maximum atomic E-state index is 12.4. The number of halogens is 1. The Morgan fingerprint density at radius 1 is 1.20 bits per heavy atom. The first-order valence-electron chi connectivity index (χ1n) is 6.99. The molecule has 1 N–H and O–H groups in total. The topological polar surface area (TPSA) is 98.9 Å². The van der Waals surface area contributed by atoms with E-state index in [4.69, 9.17) is 9.47 Å². The van der Waals surface area contributed by atoms with E-state index in [0.29, 0.717) is 11.3 Å². The van der Waals surface area contributed by atoms with Gasteiger partial charge in [-0.15, -0.1) is 0 Å². The number of non-ortho nitro benzene ring substituents is 1. The predicted octanol–water partition coefficient (Wildman–Crippen LogP) is 3.98. The number of phenols is 1. The molecule has 25 heavy (non-hydrogen) atoms. The molecule has 0 spiro atoms. The van der Waals surface area contributed by atoms with E-state index in [1.807, 2.05) is 0 Å². The van der Waals surface area contributed by atoms with Gasteiger partial charge in [0.15, 0.2) is 5.78 Å². The lowest BCUT2D eigenvalue weighted by Gasteiger charge is -2.13. The molecule has 130 valence electrons. The molecule has 0 unspecified atom stereocenters. The van der Waals surface area contributed by atoms with Gasteiger partial charge in [0, 0.05) is 18.2 Å². The van der Waals surface area contributed by atoms with Crippen LogP contribution in [0.15, 0.2) is 40.9 Å². The van der Waals surface area contributed by atoms with Crippen molar-refractivity contribution in [2.75, 3.05) is 14.2 Å². The fourth-order valence-corrected chi connectivity index (χ4v) is 2.58. The summed E-state index contributed by atoms with van der Waals surface area (Å²) in [7, 11) is 2.80. The Morgan fingerprint density at radius 2 is 1.80 bits per heavy atom. The predicted molar refractivity (Wildman–Crippen MR) is 95.4 cm³/mol. The zero-order valence-electron chi connectivity index (χ0n) is 13.4. The number of carbonyl (C=O) groups excluding carboxylic acids is 1. The van der Waals surface area contributed by atoms with Crippen molar-refractivity contribution in [3.05, 3.63) is 62.1 Å². The van der Waals surface area contributed by atoms with E-state index in [2.05, 4.69) is 15.9 Å². The monoisotopic (exact) mass is 407 g/mol. The first kappa shape index (κ1) is 18.5. The summed E-state index contributed by atoms with van der Waals surface area (Å²) < 4.78 is 10.5. The maximum Gasteiger partial charge on any atom is 0.269 e. The van der Waals surface area contributed by atoms with E-state index in [1.165, 1.54) is 56.7 Å². The molecule has 0 aliphatic rings. The molecule has 0 amide bonds. The van der Waals surface area contributed by atoms with Crippen molar-refractivity contribution in [2.24, 2.45) is 0 Å². The number of allylic oxidation sites excluding steroid dienone is 1. The first-order chi connectivity index (χ1) is 11.9. The second-order valence-corrected chi connectivity index (χ2v) is 5.66. The van der Waals surface area contributed by atoms with Crippen LogP contribution >= 0.6 is 15.9 Å². The van der Waals surface area contributed by atoms with Gasteiger partial charge in [0.25, 0.3) is 5.69 Å². The van der Waals surface area contributed by atoms with E-state index < -0.39 is 10.7 Å². The average Bonchev–Trinajstić information content (AvgIpc) is 2.62. The quantitative estimate of drug-likeness (QED) is 0.336. The number of methoxy groups -OCH3 is 2. The molecule has 2 aromatic carbocycles. The Balaban J connectivity index is 2.34. The largest absolute Gasteiger partial charge is 0.506 e. The summed E-state index contributed by atoms with van der Waals surface area (Å²) in [5.74, 6) is -0.299. The number of hydrogen-bond donors (Lipinski definition) is 1. The lowest BCUT2D eigenvalue weighted by Crippen LogP contribution is -2.01. The highest BCUT2D eigenvalue weighted by Crippen LogP contribution is 2.42. The fourth-order valence-electron chi connectivity index (χ4n) is 2.11. The minimum absolute atomic E-state index is 0.0201. The molecule has 0 bridgehead atoms. The van der Waals surface area contributed by atoms with Crippen LogP contribution in [0.2, 0.25) is 0 Å². The van der Waals surface area contributed by atoms with E-state index in [1.54, 1.807) is 0 Å². The molecule has 0 heterocycles. The van der Waals surface area contributed by atoms with E-state index in [-0.39, 0.29) is 27.2 Å². The van der Waals surface area contributed by atoms with Crippen LogP contribution in [-0.4, -0.2) is 30.0 Å². The number of nitro benzene ring substituents is 1. The Labute approximate surface area is 151 Å². The van der Waals surface area contributed by atoms with Crippen LogP contribution in [0.4, 0.5) is 5.69 Å². The van der Waals surface area contributed by atoms with Crippen LogP contribution in [0, 0.1) is 10.1 Å². The summed E-state index contributed by atoms with van der Waals surface area (Å²) >= 11 is 3.17. The third-order valence-electron chi connectivity index (χ3n) is 3.39. The highest BCUT2D eigenvalue weighted by Gasteiger charge is 2.21. The van der Waals surface area contributed by atoms with E-state index in [9.17, 15) is 20.0 Å². The van der Waals surface area contributed by atoms with Crippen molar-refractivity contribution >= 4 is 33.5 Å². The van der Waals surface area contributed by atoms with Gasteiger partial charge in [-0.2, -0.15) is 0 Å². The van der Waals surface area contributed by atoms with Crippen LogP contribution in [0.3, 0.4) is 0 Å². The molecule has 0 fully saturated rings.